The second kappa shape index (κ2) is 8.10. The number of rotatable bonds is 5. The van der Waals surface area contributed by atoms with Crippen molar-refractivity contribution in [1.82, 2.24) is 19.9 Å². The molecular weight excluding hydrogens is 304 g/mol. The van der Waals surface area contributed by atoms with Crippen LogP contribution in [0.4, 0.5) is 0 Å². The van der Waals surface area contributed by atoms with E-state index in [4.69, 9.17) is 4.52 Å². The van der Waals surface area contributed by atoms with Crippen molar-refractivity contribution in [3.63, 3.8) is 0 Å². The van der Waals surface area contributed by atoms with Crippen LogP contribution in [0.25, 0.3) is 0 Å². The number of carbonyl (C=O) groups excluding carboxylic acids is 1. The summed E-state index contributed by atoms with van der Waals surface area (Å²) in [7, 11) is 2.18. The minimum absolute atomic E-state index is 0.345. The third kappa shape index (κ3) is 4.79. The molecule has 2 saturated heterocycles. The van der Waals surface area contributed by atoms with Crippen LogP contribution in [-0.2, 0) is 11.2 Å². The zero-order valence-corrected chi connectivity index (χ0v) is 15.0. The van der Waals surface area contributed by atoms with Crippen LogP contribution in [0, 0.1) is 18.8 Å². The summed E-state index contributed by atoms with van der Waals surface area (Å²) in [6.07, 6.45) is 7.28. The summed E-state index contributed by atoms with van der Waals surface area (Å²) >= 11 is 0. The van der Waals surface area contributed by atoms with E-state index in [1.807, 2.05) is 6.92 Å². The lowest BCUT2D eigenvalue weighted by Crippen LogP contribution is -2.39. The molecule has 0 bridgehead atoms. The van der Waals surface area contributed by atoms with E-state index < -0.39 is 0 Å². The lowest BCUT2D eigenvalue weighted by molar-refractivity contribution is -0.133. The van der Waals surface area contributed by atoms with Crippen LogP contribution >= 0.6 is 0 Å². The zero-order valence-electron chi connectivity index (χ0n) is 15.0. The molecule has 1 atom stereocenters. The fourth-order valence-electron chi connectivity index (χ4n) is 4.06. The lowest BCUT2D eigenvalue weighted by Gasteiger charge is -2.33. The van der Waals surface area contributed by atoms with Crippen molar-refractivity contribution in [1.29, 1.82) is 0 Å². The van der Waals surface area contributed by atoms with E-state index in [0.717, 1.165) is 51.1 Å². The maximum atomic E-state index is 12.5. The highest BCUT2D eigenvalue weighted by atomic mass is 16.5. The van der Waals surface area contributed by atoms with Crippen LogP contribution in [0.15, 0.2) is 4.52 Å². The molecule has 6 heteroatoms. The molecule has 134 valence electrons. The summed E-state index contributed by atoms with van der Waals surface area (Å²) in [4.78, 5) is 21.2. The number of aromatic nitrogens is 2. The molecule has 3 heterocycles. The van der Waals surface area contributed by atoms with Crippen LogP contribution < -0.4 is 0 Å². The summed E-state index contributed by atoms with van der Waals surface area (Å²) in [6.45, 7) is 5.94. The number of piperidine rings is 2. The van der Waals surface area contributed by atoms with E-state index in [-0.39, 0.29) is 0 Å². The molecule has 0 saturated carbocycles. The van der Waals surface area contributed by atoms with Gasteiger partial charge in [-0.05, 0) is 57.5 Å². The van der Waals surface area contributed by atoms with Gasteiger partial charge < -0.3 is 14.3 Å². The Hall–Kier alpha value is -1.43. The van der Waals surface area contributed by atoms with Crippen LogP contribution in [0.1, 0.15) is 50.2 Å². The van der Waals surface area contributed by atoms with Gasteiger partial charge in [0, 0.05) is 39.4 Å². The number of carbonyl (C=O) groups is 1. The summed E-state index contributed by atoms with van der Waals surface area (Å²) in [5, 5.41) is 3.98. The number of hydrogen-bond donors (Lipinski definition) is 0. The highest BCUT2D eigenvalue weighted by Gasteiger charge is 2.25. The van der Waals surface area contributed by atoms with E-state index >= 15 is 0 Å². The van der Waals surface area contributed by atoms with Crippen LogP contribution in [0.5, 0.6) is 0 Å². The number of nitrogens with zero attached hydrogens (tertiary/aromatic N) is 4. The Kier molecular flexibility index (Phi) is 5.87. The average Bonchev–Trinajstić information content (AvgIpc) is 2.98. The molecule has 1 amide bonds. The van der Waals surface area contributed by atoms with Gasteiger partial charge in [-0.3, -0.25) is 4.79 Å². The molecule has 2 aliphatic heterocycles. The fraction of sp³-hybridized carbons (Fsp3) is 0.833. The van der Waals surface area contributed by atoms with Gasteiger partial charge in [0.2, 0.25) is 11.8 Å². The van der Waals surface area contributed by atoms with E-state index in [2.05, 4.69) is 27.0 Å². The maximum Gasteiger partial charge on any atom is 0.223 e. The maximum absolute atomic E-state index is 12.5. The van der Waals surface area contributed by atoms with Crippen LogP contribution in [-0.4, -0.2) is 59.1 Å². The van der Waals surface area contributed by atoms with Gasteiger partial charge in [-0.25, -0.2) is 0 Å². The second-order valence-electron chi connectivity index (χ2n) is 7.57. The largest absolute Gasteiger partial charge is 0.343 e. The van der Waals surface area contributed by atoms with Gasteiger partial charge in [0.15, 0.2) is 5.82 Å². The van der Waals surface area contributed by atoms with Crippen molar-refractivity contribution in [2.75, 3.05) is 33.2 Å². The summed E-state index contributed by atoms with van der Waals surface area (Å²) in [5.41, 5.74) is 0. The molecule has 1 aromatic heterocycles. The molecule has 3 rings (SSSR count). The predicted molar refractivity (Wildman–Crippen MR) is 91.5 cm³/mol. The Morgan fingerprint density at radius 3 is 2.67 bits per heavy atom. The van der Waals surface area contributed by atoms with Crippen molar-refractivity contribution in [2.24, 2.45) is 11.8 Å². The van der Waals surface area contributed by atoms with Crippen molar-refractivity contribution >= 4 is 5.91 Å². The first-order chi connectivity index (χ1) is 11.6. The normalized spacial score (nSPS) is 23.6. The minimum Gasteiger partial charge on any atom is -0.343 e. The molecule has 1 unspecified atom stereocenters. The summed E-state index contributed by atoms with van der Waals surface area (Å²) < 4.78 is 5.03. The topological polar surface area (TPSA) is 62.5 Å². The van der Waals surface area contributed by atoms with Gasteiger partial charge in [0.05, 0.1) is 0 Å². The summed E-state index contributed by atoms with van der Waals surface area (Å²) in [5.74, 6) is 3.05. The number of aryl methyl sites for hydroxylation is 1. The average molecular weight is 334 g/mol. The van der Waals surface area contributed by atoms with Crippen LogP contribution in [0.3, 0.4) is 0 Å². The highest BCUT2D eigenvalue weighted by molar-refractivity contribution is 5.76. The molecule has 2 fully saturated rings. The van der Waals surface area contributed by atoms with E-state index in [1.165, 1.54) is 19.4 Å². The Balaban J connectivity index is 1.37. The summed E-state index contributed by atoms with van der Waals surface area (Å²) in [6, 6.07) is 0. The second-order valence-corrected chi connectivity index (χ2v) is 7.57. The highest BCUT2D eigenvalue weighted by Crippen LogP contribution is 2.23. The van der Waals surface area contributed by atoms with E-state index in [1.54, 1.807) is 0 Å². The molecule has 24 heavy (non-hydrogen) atoms. The zero-order chi connectivity index (χ0) is 16.9. The quantitative estimate of drug-likeness (QED) is 0.827. The van der Waals surface area contributed by atoms with Gasteiger partial charge in [-0.1, -0.05) is 5.16 Å². The first-order valence-electron chi connectivity index (χ1n) is 9.35. The Bertz CT molecular complexity index is 537. The molecule has 0 aliphatic carbocycles. The Morgan fingerprint density at radius 1 is 1.21 bits per heavy atom. The number of amides is 1. The number of hydrogen-bond acceptors (Lipinski definition) is 5. The molecule has 2 aliphatic rings. The van der Waals surface area contributed by atoms with Crippen molar-refractivity contribution < 1.29 is 9.32 Å². The van der Waals surface area contributed by atoms with Crippen LogP contribution in [0.2, 0.25) is 0 Å². The van der Waals surface area contributed by atoms with Gasteiger partial charge in [0.1, 0.15) is 0 Å². The Morgan fingerprint density at radius 2 is 2.00 bits per heavy atom. The third-order valence-corrected chi connectivity index (χ3v) is 5.50. The molecule has 0 spiro atoms. The van der Waals surface area contributed by atoms with E-state index in [0.29, 0.717) is 30.1 Å². The molecule has 0 aromatic carbocycles. The molecular formula is C18H30N4O2. The number of likely N-dealkylation sites (tertiary alicyclic amines) is 2. The smallest absolute Gasteiger partial charge is 0.223 e. The third-order valence-electron chi connectivity index (χ3n) is 5.50. The van der Waals surface area contributed by atoms with Gasteiger partial charge in [0.25, 0.3) is 0 Å². The van der Waals surface area contributed by atoms with Crippen molar-refractivity contribution in [3.8, 4) is 0 Å². The monoisotopic (exact) mass is 334 g/mol. The van der Waals surface area contributed by atoms with E-state index in [9.17, 15) is 4.79 Å². The SMILES string of the molecule is Cc1nc(CC2CCN(C(=O)CCC3CCCN(C)C3)CC2)no1. The molecule has 6 nitrogen and oxygen atoms in total. The fourth-order valence-corrected chi connectivity index (χ4v) is 4.06. The van der Waals surface area contributed by atoms with Gasteiger partial charge in [-0.2, -0.15) is 4.98 Å². The molecule has 0 radical (unpaired) electrons. The van der Waals surface area contributed by atoms with Crippen molar-refractivity contribution in [2.45, 2.75) is 51.9 Å². The predicted octanol–water partition coefficient (Wildman–Crippen LogP) is 2.28. The molecule has 1 aromatic rings. The first-order valence-corrected chi connectivity index (χ1v) is 9.35. The van der Waals surface area contributed by atoms with Gasteiger partial charge >= 0.3 is 0 Å². The van der Waals surface area contributed by atoms with Crippen molar-refractivity contribution in [3.05, 3.63) is 11.7 Å². The standard InChI is InChI=1S/C18H30N4O2/c1-14-19-17(20-24-14)12-15-7-10-22(11-8-15)18(23)6-5-16-4-3-9-21(2)13-16/h15-16H,3-13H2,1-2H3. The molecule has 0 N–H and O–H groups in total. The first kappa shape index (κ1) is 17.4. The minimum atomic E-state index is 0.345. The lowest BCUT2D eigenvalue weighted by atomic mass is 9.91. The Labute approximate surface area is 144 Å². The van der Waals surface area contributed by atoms with Gasteiger partial charge in [-0.15, -0.1) is 0 Å².